The molecule has 1 aliphatic rings. The maximum atomic E-state index is 11.7. The van der Waals surface area contributed by atoms with E-state index in [-0.39, 0.29) is 11.8 Å². The second-order valence-corrected chi connectivity index (χ2v) is 6.40. The lowest BCUT2D eigenvalue weighted by molar-refractivity contribution is -0.165. The van der Waals surface area contributed by atoms with E-state index >= 15 is 0 Å². The number of hydrogen-bond donors (Lipinski definition) is 1. The second kappa shape index (κ2) is 8.07. The molecule has 1 N–H and O–H groups in total. The Bertz CT molecular complexity index is 918. The number of halogens is 1. The van der Waals surface area contributed by atoms with E-state index < -0.39 is 42.3 Å². The van der Waals surface area contributed by atoms with Crippen molar-refractivity contribution in [2.24, 2.45) is 0 Å². The molecule has 0 saturated carbocycles. The van der Waals surface area contributed by atoms with Crippen LogP contribution < -0.4 is 0 Å². The molecule has 1 aliphatic heterocycles. The van der Waals surface area contributed by atoms with Crippen LogP contribution in [0.15, 0.2) is 6.33 Å². The number of hydrogen-bond acceptors (Lipinski definition) is 10. The van der Waals surface area contributed by atoms with Crippen molar-refractivity contribution < 1.29 is 33.3 Å². The van der Waals surface area contributed by atoms with Crippen molar-refractivity contribution in [1.82, 2.24) is 20.2 Å². The number of rotatable bonds is 5. The highest BCUT2D eigenvalue weighted by Gasteiger charge is 2.51. The van der Waals surface area contributed by atoms with Crippen LogP contribution in [0.1, 0.15) is 32.6 Å². The van der Waals surface area contributed by atoms with E-state index in [0.29, 0.717) is 16.7 Å². The Morgan fingerprint density at radius 2 is 1.75 bits per heavy atom. The van der Waals surface area contributed by atoms with Gasteiger partial charge in [-0.15, -0.1) is 0 Å². The molecule has 28 heavy (non-hydrogen) atoms. The summed E-state index contributed by atoms with van der Waals surface area (Å²) in [7, 11) is 0. The van der Waals surface area contributed by atoms with Gasteiger partial charge in [0.2, 0.25) is 0 Å². The molecule has 11 nitrogen and oxygen atoms in total. The number of H-pyrrole nitrogens is 1. The molecule has 0 radical (unpaired) electrons. The van der Waals surface area contributed by atoms with Crippen LogP contribution in [0.5, 0.6) is 0 Å². The van der Waals surface area contributed by atoms with Gasteiger partial charge in [0.1, 0.15) is 36.2 Å². The standard InChI is InChI=1S/C16H17ClN4O7/c1-6(22)25-4-9-13(26-7(2)23)15(27-8(3)24)14(28-9)11-10-12(21-20-11)16(17)19-5-18-10/h5,9,13-15H,4H2,1-3H3,(H,20,21)/t9-,13+,14+,15+/m1/s1. The molecule has 3 heterocycles. The van der Waals surface area contributed by atoms with Gasteiger partial charge in [-0.2, -0.15) is 5.10 Å². The van der Waals surface area contributed by atoms with Crippen LogP contribution in [0.3, 0.4) is 0 Å². The lowest BCUT2D eigenvalue weighted by Crippen LogP contribution is -2.40. The molecule has 0 aromatic carbocycles. The summed E-state index contributed by atoms with van der Waals surface area (Å²) in [5.41, 5.74) is 1.02. The number of aromatic nitrogens is 4. The van der Waals surface area contributed by atoms with Gasteiger partial charge in [0.05, 0.1) is 5.69 Å². The van der Waals surface area contributed by atoms with Crippen molar-refractivity contribution in [3.63, 3.8) is 0 Å². The third-order valence-electron chi connectivity index (χ3n) is 3.97. The highest BCUT2D eigenvalue weighted by Crippen LogP contribution is 2.39. The van der Waals surface area contributed by atoms with Crippen molar-refractivity contribution in [3.05, 3.63) is 17.2 Å². The van der Waals surface area contributed by atoms with Crippen LogP contribution in [-0.4, -0.2) is 63.0 Å². The third-order valence-corrected chi connectivity index (χ3v) is 4.25. The number of carbonyl (C=O) groups excluding carboxylic acids is 3. The average molecular weight is 413 g/mol. The maximum absolute atomic E-state index is 11.7. The molecule has 0 spiro atoms. The topological polar surface area (TPSA) is 143 Å². The van der Waals surface area contributed by atoms with Crippen LogP contribution in [0.4, 0.5) is 0 Å². The lowest BCUT2D eigenvalue weighted by Gasteiger charge is -2.23. The summed E-state index contributed by atoms with van der Waals surface area (Å²) in [6, 6.07) is 0. The first-order chi connectivity index (χ1) is 13.3. The zero-order valence-corrected chi connectivity index (χ0v) is 15.9. The maximum Gasteiger partial charge on any atom is 0.303 e. The van der Waals surface area contributed by atoms with E-state index in [1.54, 1.807) is 0 Å². The van der Waals surface area contributed by atoms with Gasteiger partial charge in [-0.1, -0.05) is 11.6 Å². The number of nitrogens with one attached hydrogen (secondary N) is 1. The van der Waals surface area contributed by atoms with Gasteiger partial charge in [-0.25, -0.2) is 9.97 Å². The predicted molar refractivity (Wildman–Crippen MR) is 92.0 cm³/mol. The largest absolute Gasteiger partial charge is 0.463 e. The minimum absolute atomic E-state index is 0.127. The molecule has 4 atom stereocenters. The molecule has 1 saturated heterocycles. The molecule has 2 aromatic rings. The van der Waals surface area contributed by atoms with Gasteiger partial charge in [0, 0.05) is 20.8 Å². The summed E-state index contributed by atoms with van der Waals surface area (Å²) in [4.78, 5) is 42.4. The fraction of sp³-hybridized carbons (Fsp3) is 0.500. The van der Waals surface area contributed by atoms with E-state index in [0.717, 1.165) is 0 Å². The Hall–Kier alpha value is -2.79. The van der Waals surface area contributed by atoms with Gasteiger partial charge in [-0.3, -0.25) is 19.5 Å². The summed E-state index contributed by atoms with van der Waals surface area (Å²) in [5.74, 6) is -1.76. The molecule has 12 heteroatoms. The summed E-state index contributed by atoms with van der Waals surface area (Å²) in [6.07, 6.45) is -2.59. The van der Waals surface area contributed by atoms with Crippen LogP contribution in [0, 0.1) is 0 Å². The molecule has 0 unspecified atom stereocenters. The molecule has 0 aliphatic carbocycles. The highest BCUT2D eigenvalue weighted by molar-refractivity contribution is 6.33. The van der Waals surface area contributed by atoms with Crippen LogP contribution >= 0.6 is 11.6 Å². The van der Waals surface area contributed by atoms with Crippen molar-refractivity contribution in [2.45, 2.75) is 45.2 Å². The smallest absolute Gasteiger partial charge is 0.303 e. The molecule has 1 fully saturated rings. The Labute approximate surface area is 163 Å². The summed E-state index contributed by atoms with van der Waals surface area (Å²) in [6.45, 7) is 3.45. The van der Waals surface area contributed by atoms with Crippen molar-refractivity contribution in [1.29, 1.82) is 0 Å². The van der Waals surface area contributed by atoms with Gasteiger partial charge in [0.25, 0.3) is 0 Å². The third kappa shape index (κ3) is 4.04. The fourth-order valence-electron chi connectivity index (χ4n) is 2.97. The first-order valence-electron chi connectivity index (χ1n) is 8.25. The Morgan fingerprint density at radius 1 is 1.07 bits per heavy atom. The summed E-state index contributed by atoms with van der Waals surface area (Å²) in [5, 5.41) is 6.95. The average Bonchev–Trinajstić information content (AvgIpc) is 3.16. The highest BCUT2D eigenvalue weighted by atomic mass is 35.5. The monoisotopic (exact) mass is 412 g/mol. The fourth-order valence-corrected chi connectivity index (χ4v) is 3.14. The first kappa shape index (κ1) is 20.0. The number of carbonyl (C=O) groups is 3. The number of nitrogens with zero attached hydrogens (tertiary/aromatic N) is 3. The van der Waals surface area contributed by atoms with Crippen molar-refractivity contribution in [2.75, 3.05) is 6.61 Å². The SMILES string of the molecule is CC(=O)OC[C@H]1O[C@@H](c2[nH]nc3c(Cl)ncnc23)[C@@H](OC(C)=O)[C@H]1OC(C)=O. The van der Waals surface area contributed by atoms with Crippen LogP contribution in [-0.2, 0) is 33.3 Å². The summed E-state index contributed by atoms with van der Waals surface area (Å²) >= 11 is 6.02. The molecule has 0 amide bonds. The van der Waals surface area contributed by atoms with Crippen molar-refractivity contribution in [3.8, 4) is 0 Å². The minimum atomic E-state index is -1.03. The van der Waals surface area contributed by atoms with E-state index in [2.05, 4.69) is 20.2 Å². The number of esters is 3. The van der Waals surface area contributed by atoms with Crippen LogP contribution in [0.25, 0.3) is 11.0 Å². The van der Waals surface area contributed by atoms with E-state index in [9.17, 15) is 14.4 Å². The Balaban J connectivity index is 2.01. The number of ether oxygens (including phenoxy) is 4. The Kier molecular flexibility index (Phi) is 5.75. The van der Waals surface area contributed by atoms with Crippen molar-refractivity contribution >= 4 is 40.5 Å². The van der Waals surface area contributed by atoms with Gasteiger partial charge in [-0.05, 0) is 0 Å². The van der Waals surface area contributed by atoms with E-state index in [1.165, 1.54) is 27.1 Å². The van der Waals surface area contributed by atoms with E-state index in [4.69, 9.17) is 30.5 Å². The molecular weight excluding hydrogens is 396 g/mol. The number of fused-ring (bicyclic) bond motifs is 1. The zero-order chi connectivity index (χ0) is 20.4. The molecule has 2 aromatic heterocycles. The lowest BCUT2D eigenvalue weighted by atomic mass is 10.0. The molecule has 3 rings (SSSR count). The predicted octanol–water partition coefficient (Wildman–Crippen LogP) is 0.873. The molecular formula is C16H17ClN4O7. The number of aromatic amines is 1. The van der Waals surface area contributed by atoms with Crippen LogP contribution in [0.2, 0.25) is 5.15 Å². The van der Waals surface area contributed by atoms with E-state index in [1.807, 2.05) is 0 Å². The van der Waals surface area contributed by atoms with Gasteiger partial charge >= 0.3 is 17.9 Å². The normalized spacial score (nSPS) is 24.1. The molecule has 0 bridgehead atoms. The van der Waals surface area contributed by atoms with Gasteiger partial charge < -0.3 is 18.9 Å². The minimum Gasteiger partial charge on any atom is -0.463 e. The second-order valence-electron chi connectivity index (χ2n) is 6.04. The first-order valence-corrected chi connectivity index (χ1v) is 8.63. The quantitative estimate of drug-likeness (QED) is 0.426. The van der Waals surface area contributed by atoms with Gasteiger partial charge in [0.15, 0.2) is 17.4 Å². The zero-order valence-electron chi connectivity index (χ0n) is 15.2. The summed E-state index contributed by atoms with van der Waals surface area (Å²) < 4.78 is 21.6. The molecule has 150 valence electrons. The Morgan fingerprint density at radius 3 is 2.39 bits per heavy atom.